The van der Waals surface area contributed by atoms with Crippen molar-refractivity contribution in [3.05, 3.63) is 34.4 Å². The van der Waals surface area contributed by atoms with E-state index < -0.39 is 4.92 Å². The van der Waals surface area contributed by atoms with Crippen LogP contribution in [0.1, 0.15) is 6.92 Å². The van der Waals surface area contributed by atoms with Crippen molar-refractivity contribution in [3.8, 4) is 11.6 Å². The molecule has 0 aliphatic carbocycles. The molecule has 3 aromatic rings. The molecule has 0 bridgehead atoms. The largest absolute Gasteiger partial charge is 0.433 e. The van der Waals surface area contributed by atoms with E-state index in [-0.39, 0.29) is 17.5 Å². The summed E-state index contributed by atoms with van der Waals surface area (Å²) in [6, 6.07) is 6.16. The molecule has 3 heterocycles. The van der Waals surface area contributed by atoms with Crippen LogP contribution in [0.25, 0.3) is 17.2 Å². The van der Waals surface area contributed by atoms with Gasteiger partial charge in [-0.3, -0.25) is 10.1 Å². The number of fused-ring (bicyclic) bond motifs is 1. The van der Waals surface area contributed by atoms with E-state index in [1.165, 1.54) is 16.6 Å². The standard InChI is InChI=1S/C12H12N6O4/c1-2-21-7-13-9-4-5-10-14-15-12(17(10)16-9)8-3-6-11(22-8)18(19)20/h3-6H,2,7H2,1H3,(H,13,16). The predicted octanol–water partition coefficient (Wildman–Crippen LogP) is 1.70. The Kier molecular flexibility index (Phi) is 3.66. The number of nitrogens with zero attached hydrogens (tertiary/aromatic N) is 5. The summed E-state index contributed by atoms with van der Waals surface area (Å²) in [7, 11) is 0. The minimum absolute atomic E-state index is 0.216. The summed E-state index contributed by atoms with van der Waals surface area (Å²) in [5.74, 6) is 0.692. The first-order chi connectivity index (χ1) is 10.7. The van der Waals surface area contributed by atoms with Crippen molar-refractivity contribution >= 4 is 17.3 Å². The highest BCUT2D eigenvalue weighted by molar-refractivity contribution is 5.55. The first-order valence-corrected chi connectivity index (χ1v) is 6.47. The van der Waals surface area contributed by atoms with E-state index in [9.17, 15) is 10.1 Å². The molecule has 0 unspecified atom stereocenters. The fourth-order valence-corrected chi connectivity index (χ4v) is 1.81. The predicted molar refractivity (Wildman–Crippen MR) is 75.3 cm³/mol. The molecule has 0 saturated heterocycles. The average Bonchev–Trinajstić information content (AvgIpc) is 3.13. The third-order valence-electron chi connectivity index (χ3n) is 2.81. The van der Waals surface area contributed by atoms with Crippen molar-refractivity contribution < 1.29 is 14.1 Å². The van der Waals surface area contributed by atoms with Crippen LogP contribution in [-0.2, 0) is 4.74 Å². The van der Waals surface area contributed by atoms with Gasteiger partial charge in [0.15, 0.2) is 11.4 Å². The van der Waals surface area contributed by atoms with E-state index in [1.54, 1.807) is 12.1 Å². The second-order valence-corrected chi connectivity index (χ2v) is 4.22. The third-order valence-corrected chi connectivity index (χ3v) is 2.81. The molecule has 0 radical (unpaired) electrons. The number of nitrogens with one attached hydrogen (secondary N) is 1. The lowest BCUT2D eigenvalue weighted by atomic mass is 10.4. The Morgan fingerprint density at radius 3 is 2.95 bits per heavy atom. The Morgan fingerprint density at radius 2 is 2.23 bits per heavy atom. The normalized spacial score (nSPS) is 11.0. The summed E-state index contributed by atoms with van der Waals surface area (Å²) in [4.78, 5) is 10.1. The van der Waals surface area contributed by atoms with Crippen LogP contribution in [0, 0.1) is 10.1 Å². The molecule has 0 saturated carbocycles. The molecule has 1 N–H and O–H groups in total. The molecule has 0 aliphatic rings. The molecule has 0 spiro atoms. The summed E-state index contributed by atoms with van der Waals surface area (Å²) in [6.07, 6.45) is 0. The molecule has 0 aromatic carbocycles. The van der Waals surface area contributed by atoms with Crippen molar-refractivity contribution in [3.63, 3.8) is 0 Å². The van der Waals surface area contributed by atoms with Crippen molar-refractivity contribution in [1.29, 1.82) is 0 Å². The van der Waals surface area contributed by atoms with E-state index in [0.29, 0.717) is 24.8 Å². The van der Waals surface area contributed by atoms with Gasteiger partial charge in [0.2, 0.25) is 5.82 Å². The Labute approximate surface area is 123 Å². The van der Waals surface area contributed by atoms with Gasteiger partial charge in [0.05, 0.1) is 6.07 Å². The molecule has 0 amide bonds. The van der Waals surface area contributed by atoms with Gasteiger partial charge in [-0.25, -0.2) is 0 Å². The molecule has 0 fully saturated rings. The number of aromatic nitrogens is 4. The lowest BCUT2D eigenvalue weighted by Gasteiger charge is -2.05. The average molecular weight is 304 g/mol. The zero-order valence-electron chi connectivity index (χ0n) is 11.6. The smallest absolute Gasteiger partial charge is 0.397 e. The molecule has 10 heteroatoms. The number of hydrogen-bond acceptors (Lipinski definition) is 8. The van der Waals surface area contributed by atoms with E-state index in [4.69, 9.17) is 9.15 Å². The summed E-state index contributed by atoms with van der Waals surface area (Å²) in [5, 5.41) is 25.9. The Hall–Kier alpha value is -3.01. The minimum Gasteiger partial charge on any atom is -0.397 e. The molecular weight excluding hydrogens is 292 g/mol. The third kappa shape index (κ3) is 2.59. The maximum Gasteiger partial charge on any atom is 0.433 e. The van der Waals surface area contributed by atoms with Crippen molar-refractivity contribution in [1.82, 2.24) is 19.8 Å². The van der Waals surface area contributed by atoms with Crippen molar-refractivity contribution in [2.75, 3.05) is 18.7 Å². The number of rotatable bonds is 6. The van der Waals surface area contributed by atoms with Crippen LogP contribution < -0.4 is 5.32 Å². The second kappa shape index (κ2) is 5.77. The number of nitro groups is 1. The lowest BCUT2D eigenvalue weighted by molar-refractivity contribution is -0.401. The van der Waals surface area contributed by atoms with Crippen LogP contribution >= 0.6 is 0 Å². The van der Waals surface area contributed by atoms with Gasteiger partial charge in [-0.15, -0.1) is 15.3 Å². The number of anilines is 1. The van der Waals surface area contributed by atoms with Crippen molar-refractivity contribution in [2.45, 2.75) is 6.92 Å². The van der Waals surface area contributed by atoms with Gasteiger partial charge in [-0.1, -0.05) is 0 Å². The summed E-state index contributed by atoms with van der Waals surface area (Å²) in [5.41, 5.74) is 0.496. The highest BCUT2D eigenvalue weighted by Crippen LogP contribution is 2.24. The molecule has 3 aromatic heterocycles. The fraction of sp³-hybridized carbons (Fsp3) is 0.250. The molecule has 3 rings (SSSR count). The highest BCUT2D eigenvalue weighted by atomic mass is 16.6. The quantitative estimate of drug-likeness (QED) is 0.316. The summed E-state index contributed by atoms with van der Waals surface area (Å²) < 4.78 is 11.8. The molecule has 0 atom stereocenters. The van der Waals surface area contributed by atoms with Crippen LogP contribution in [0.4, 0.5) is 11.7 Å². The van der Waals surface area contributed by atoms with E-state index in [1.807, 2.05) is 6.92 Å². The SMILES string of the molecule is CCOCNc1ccc2nnc(-c3ccc([N+](=O)[O-])o3)n2n1. The maximum atomic E-state index is 10.7. The van der Waals surface area contributed by atoms with Gasteiger partial charge in [-0.05, 0) is 25.1 Å². The fourth-order valence-electron chi connectivity index (χ4n) is 1.81. The molecule has 0 aliphatic heterocycles. The Morgan fingerprint density at radius 1 is 1.36 bits per heavy atom. The Balaban J connectivity index is 1.95. The van der Waals surface area contributed by atoms with E-state index in [0.717, 1.165) is 0 Å². The van der Waals surface area contributed by atoms with Crippen LogP contribution in [0.5, 0.6) is 0 Å². The number of furan rings is 1. The van der Waals surface area contributed by atoms with Crippen LogP contribution in [0.15, 0.2) is 28.7 Å². The second-order valence-electron chi connectivity index (χ2n) is 4.22. The van der Waals surface area contributed by atoms with Gasteiger partial charge >= 0.3 is 5.88 Å². The minimum atomic E-state index is -0.616. The van der Waals surface area contributed by atoms with Gasteiger partial charge in [0.25, 0.3) is 0 Å². The zero-order valence-corrected chi connectivity index (χ0v) is 11.6. The Bertz CT molecular complexity index is 811. The molecule has 22 heavy (non-hydrogen) atoms. The van der Waals surface area contributed by atoms with Crippen LogP contribution in [0.3, 0.4) is 0 Å². The van der Waals surface area contributed by atoms with Gasteiger partial charge in [0, 0.05) is 6.61 Å². The maximum absolute atomic E-state index is 10.7. The first kappa shape index (κ1) is 13.9. The van der Waals surface area contributed by atoms with Gasteiger partial charge in [0.1, 0.15) is 17.5 Å². The monoisotopic (exact) mass is 304 g/mol. The lowest BCUT2D eigenvalue weighted by Crippen LogP contribution is -2.08. The summed E-state index contributed by atoms with van der Waals surface area (Å²) >= 11 is 0. The topological polar surface area (TPSA) is 121 Å². The highest BCUT2D eigenvalue weighted by Gasteiger charge is 2.18. The van der Waals surface area contributed by atoms with E-state index in [2.05, 4.69) is 20.6 Å². The first-order valence-electron chi connectivity index (χ1n) is 6.47. The molecule has 114 valence electrons. The van der Waals surface area contributed by atoms with E-state index >= 15 is 0 Å². The van der Waals surface area contributed by atoms with Gasteiger partial charge in [-0.2, -0.15) is 4.52 Å². The molecule has 10 nitrogen and oxygen atoms in total. The molecular formula is C12H12N6O4. The zero-order chi connectivity index (χ0) is 15.5. The van der Waals surface area contributed by atoms with Crippen LogP contribution in [0.2, 0.25) is 0 Å². The summed E-state index contributed by atoms with van der Waals surface area (Å²) in [6.45, 7) is 2.79. The van der Waals surface area contributed by atoms with Gasteiger partial charge < -0.3 is 14.5 Å². The van der Waals surface area contributed by atoms with Crippen molar-refractivity contribution in [2.24, 2.45) is 0 Å². The number of hydrogen-bond donors (Lipinski definition) is 1. The van der Waals surface area contributed by atoms with Crippen LogP contribution in [-0.4, -0.2) is 38.1 Å². The number of ether oxygens (including phenoxy) is 1.